The van der Waals surface area contributed by atoms with E-state index in [-0.39, 0.29) is 0 Å². The molecule has 9 heteroatoms. The van der Waals surface area contributed by atoms with Crippen molar-refractivity contribution in [2.24, 2.45) is 0 Å². The van der Waals surface area contributed by atoms with Gasteiger partial charge in [0.05, 0.1) is 0 Å². The first-order chi connectivity index (χ1) is 11.0. The second-order valence-electron chi connectivity index (χ2n) is 5.70. The third kappa shape index (κ3) is 7.67. The molecule has 134 valence electrons. The third-order valence-corrected chi connectivity index (χ3v) is 18.9. The van der Waals surface area contributed by atoms with Crippen LogP contribution in [0, 0.1) is 0 Å². The van der Waals surface area contributed by atoms with Crippen LogP contribution in [0.15, 0.2) is 61.4 Å². The maximum atomic E-state index is 6.38. The second kappa shape index (κ2) is 9.94. The monoisotopic (exact) mass is 414 g/mol. The molecule has 4 nitrogen and oxygen atoms in total. The summed E-state index contributed by atoms with van der Waals surface area (Å²) in [6.07, 6.45) is 0. The van der Waals surface area contributed by atoms with Crippen molar-refractivity contribution in [1.29, 1.82) is 0 Å². The van der Waals surface area contributed by atoms with Gasteiger partial charge in [-0.05, 0) is 32.7 Å². The van der Waals surface area contributed by atoms with Crippen molar-refractivity contribution in [3.8, 4) is 0 Å². The number of rotatable bonds is 13. The van der Waals surface area contributed by atoms with E-state index in [4.69, 9.17) is 16.5 Å². The minimum atomic E-state index is -2.74. The summed E-state index contributed by atoms with van der Waals surface area (Å²) in [4.78, 5) is 0. The van der Waals surface area contributed by atoms with Crippen molar-refractivity contribution in [1.82, 2.24) is 0 Å². The van der Waals surface area contributed by atoms with Crippen LogP contribution in [0.2, 0.25) is 32.7 Å². The van der Waals surface area contributed by atoms with Gasteiger partial charge in [-0.3, -0.25) is 0 Å². The van der Waals surface area contributed by atoms with Gasteiger partial charge in [0.2, 0.25) is 18.1 Å². The predicted octanol–water partition coefficient (Wildman–Crippen LogP) is 4.14. The van der Waals surface area contributed by atoms with Crippen LogP contribution in [0.5, 0.6) is 0 Å². The maximum absolute atomic E-state index is 6.38. The van der Waals surface area contributed by atoms with Gasteiger partial charge >= 0.3 is 25.7 Å². The van der Waals surface area contributed by atoms with Crippen molar-refractivity contribution >= 4 is 43.8 Å². The Morgan fingerprint density at radius 2 is 0.917 bits per heavy atom. The topological polar surface area (TPSA) is 36.9 Å². The lowest BCUT2D eigenvalue weighted by atomic mass is 11.3. The molecular formula is C15H30O4Si5. The zero-order valence-corrected chi connectivity index (χ0v) is 20.6. The third-order valence-electron chi connectivity index (χ3n) is 3.23. The van der Waals surface area contributed by atoms with Gasteiger partial charge in [0.25, 0.3) is 0 Å². The van der Waals surface area contributed by atoms with Crippen LogP contribution < -0.4 is 0 Å². The molecule has 0 heterocycles. The summed E-state index contributed by atoms with van der Waals surface area (Å²) < 4.78 is 25.0. The van der Waals surface area contributed by atoms with E-state index >= 15 is 0 Å². The first-order valence-corrected chi connectivity index (χ1v) is 18.8. The fourth-order valence-electron chi connectivity index (χ4n) is 1.84. The molecule has 0 bridgehead atoms. The molecule has 0 saturated carbocycles. The Bertz CT molecular complexity index is 450. The molecule has 2 unspecified atom stereocenters. The Kier molecular flexibility index (Phi) is 9.78. The Morgan fingerprint density at radius 1 is 0.625 bits per heavy atom. The average molecular weight is 415 g/mol. The lowest BCUT2D eigenvalue weighted by molar-refractivity contribution is 0.317. The number of hydrogen-bond donors (Lipinski definition) is 0. The van der Waals surface area contributed by atoms with Crippen molar-refractivity contribution in [3.63, 3.8) is 0 Å². The molecular weight excluding hydrogens is 385 g/mol. The molecule has 0 amide bonds. The molecule has 0 aliphatic carbocycles. The van der Waals surface area contributed by atoms with Gasteiger partial charge in [0.15, 0.2) is 0 Å². The SMILES string of the molecule is C=C[Si](C)O[Si](C)(C=C)O[Si](C)(C=C)O[Si](C)(C=C)O[Si](C)C=C. The van der Waals surface area contributed by atoms with Crippen LogP contribution in [-0.4, -0.2) is 43.8 Å². The highest BCUT2D eigenvalue weighted by Gasteiger charge is 2.45. The summed E-state index contributed by atoms with van der Waals surface area (Å²) >= 11 is 0. The van der Waals surface area contributed by atoms with Crippen LogP contribution in [0.3, 0.4) is 0 Å². The standard InChI is InChI=1S/C15H30O4Si5/c1-11-20(6)16-22(8,13-3)18-24(10,15-5)19-23(9,14-4)17-21(7)12-2/h11-15H,1-5H2,6-10H3. The second-order valence-corrected chi connectivity index (χ2v) is 19.5. The molecule has 2 atom stereocenters. The van der Waals surface area contributed by atoms with Gasteiger partial charge in [0, 0.05) is 0 Å². The number of hydrogen-bond acceptors (Lipinski definition) is 4. The smallest absolute Gasteiger partial charge is 0.344 e. The maximum Gasteiger partial charge on any atom is 0.344 e. The van der Waals surface area contributed by atoms with E-state index in [1.54, 1.807) is 17.1 Å². The normalized spacial score (nSPS) is 19.0. The van der Waals surface area contributed by atoms with E-state index in [9.17, 15) is 0 Å². The van der Waals surface area contributed by atoms with E-state index in [1.807, 2.05) is 44.1 Å². The molecule has 2 radical (unpaired) electrons. The zero-order chi connectivity index (χ0) is 19.0. The van der Waals surface area contributed by atoms with Gasteiger partial charge < -0.3 is 16.5 Å². The first kappa shape index (κ1) is 23.6. The fourth-order valence-corrected chi connectivity index (χ4v) is 17.7. The van der Waals surface area contributed by atoms with Crippen LogP contribution in [0.25, 0.3) is 0 Å². The van der Waals surface area contributed by atoms with Gasteiger partial charge in [0.1, 0.15) is 0 Å². The lowest BCUT2D eigenvalue weighted by Gasteiger charge is -2.39. The lowest BCUT2D eigenvalue weighted by Crippen LogP contribution is -2.57. The highest BCUT2D eigenvalue weighted by molar-refractivity contribution is 6.93. The van der Waals surface area contributed by atoms with E-state index in [0.717, 1.165) is 0 Å². The van der Waals surface area contributed by atoms with Gasteiger partial charge in [-0.15, -0.1) is 32.9 Å². The van der Waals surface area contributed by atoms with Crippen LogP contribution in [-0.2, 0) is 16.5 Å². The highest BCUT2D eigenvalue weighted by Crippen LogP contribution is 2.25. The Labute approximate surface area is 154 Å². The summed E-state index contributed by atoms with van der Waals surface area (Å²) in [7, 11) is -10.2. The van der Waals surface area contributed by atoms with Gasteiger partial charge in [-0.25, -0.2) is 0 Å². The molecule has 0 aliphatic rings. The minimum Gasteiger partial charge on any atom is -0.430 e. The minimum absolute atomic E-state index is 1.13. The molecule has 0 aromatic rings. The summed E-state index contributed by atoms with van der Waals surface area (Å²) in [6.45, 7) is 29.2. The summed E-state index contributed by atoms with van der Waals surface area (Å²) in [5.41, 5.74) is 8.97. The van der Waals surface area contributed by atoms with Crippen LogP contribution in [0.1, 0.15) is 0 Å². The molecule has 0 saturated heterocycles. The summed E-state index contributed by atoms with van der Waals surface area (Å²) in [5.74, 6) is 0. The molecule has 0 rings (SSSR count). The van der Waals surface area contributed by atoms with Crippen molar-refractivity contribution < 1.29 is 16.5 Å². The highest BCUT2D eigenvalue weighted by atomic mass is 28.5. The molecule has 0 spiro atoms. The molecule has 0 aromatic carbocycles. The van der Waals surface area contributed by atoms with Gasteiger partial charge in [-0.2, -0.15) is 0 Å². The van der Waals surface area contributed by atoms with Crippen molar-refractivity contribution in [3.05, 3.63) is 61.4 Å². The summed E-state index contributed by atoms with van der Waals surface area (Å²) in [6, 6.07) is 0. The summed E-state index contributed by atoms with van der Waals surface area (Å²) in [5, 5.41) is 0. The quantitative estimate of drug-likeness (QED) is 0.424. The fraction of sp³-hybridized carbons (Fsp3) is 0.333. The van der Waals surface area contributed by atoms with E-state index in [1.165, 1.54) is 0 Å². The molecule has 0 aromatic heterocycles. The largest absolute Gasteiger partial charge is 0.430 e. The van der Waals surface area contributed by atoms with Crippen molar-refractivity contribution in [2.45, 2.75) is 32.7 Å². The van der Waals surface area contributed by atoms with Gasteiger partial charge in [-0.1, -0.05) is 28.5 Å². The Hall–Kier alpha value is -0.376. The first-order valence-electron chi connectivity index (χ1n) is 7.62. The van der Waals surface area contributed by atoms with Crippen LogP contribution in [0.4, 0.5) is 0 Å². The average Bonchev–Trinajstić information content (AvgIpc) is 2.54. The van der Waals surface area contributed by atoms with E-state index < -0.39 is 43.8 Å². The van der Waals surface area contributed by atoms with Crippen molar-refractivity contribution in [2.75, 3.05) is 0 Å². The predicted molar refractivity (Wildman–Crippen MR) is 113 cm³/mol. The molecule has 0 N–H and O–H groups in total. The molecule has 0 aliphatic heterocycles. The van der Waals surface area contributed by atoms with E-state index in [0.29, 0.717) is 0 Å². The van der Waals surface area contributed by atoms with Crippen LogP contribution >= 0.6 is 0 Å². The zero-order valence-electron chi connectivity index (χ0n) is 15.6. The molecule has 24 heavy (non-hydrogen) atoms. The van der Waals surface area contributed by atoms with E-state index in [2.05, 4.69) is 32.9 Å². The molecule has 0 fully saturated rings. The Balaban J connectivity index is 5.40. The Morgan fingerprint density at radius 3 is 1.12 bits per heavy atom.